The van der Waals surface area contributed by atoms with Crippen molar-refractivity contribution in [1.29, 1.82) is 5.26 Å². The molecule has 0 aliphatic carbocycles. The third-order valence-electron chi connectivity index (χ3n) is 2.63. The fourth-order valence-corrected chi connectivity index (χ4v) is 1.62. The topological polar surface area (TPSA) is 68.0 Å². The van der Waals surface area contributed by atoms with E-state index in [-0.39, 0.29) is 17.1 Å². The first-order chi connectivity index (χ1) is 10.9. The lowest BCUT2D eigenvalue weighted by atomic mass is 10.1. The van der Waals surface area contributed by atoms with E-state index in [1.165, 1.54) is 19.4 Å². The van der Waals surface area contributed by atoms with Crippen LogP contribution < -0.4 is 4.74 Å². The normalized spacial score (nSPS) is 11.3. The van der Waals surface area contributed by atoms with Gasteiger partial charge in [0.05, 0.1) is 31.3 Å². The molecule has 0 saturated heterocycles. The van der Waals surface area contributed by atoms with Crippen LogP contribution in [-0.4, -0.2) is 17.1 Å². The second-order valence-electron chi connectivity index (χ2n) is 4.25. The fourth-order valence-electron chi connectivity index (χ4n) is 1.62. The predicted octanol–water partition coefficient (Wildman–Crippen LogP) is 3.78. The molecule has 1 aromatic heterocycles. The summed E-state index contributed by atoms with van der Waals surface area (Å²) in [6.45, 7) is 0. The largest absolute Gasteiger partial charge is 0.504 e. The zero-order valence-electron chi connectivity index (χ0n) is 11.8. The molecule has 1 heterocycles. The monoisotopic (exact) mass is 321 g/mol. The van der Waals surface area contributed by atoms with E-state index < -0.39 is 12.0 Å². The maximum atomic E-state index is 12.4. The summed E-state index contributed by atoms with van der Waals surface area (Å²) in [4.78, 5) is 6.38. The Balaban J connectivity index is 2.23. The SMILES string of the molecule is COC=Cc1ccc(Oc2cnc(C(F)(F)F)nc2)c(C#N)c1. The Hall–Kier alpha value is -3.08. The lowest BCUT2D eigenvalue weighted by Crippen LogP contribution is -2.10. The van der Waals surface area contributed by atoms with Gasteiger partial charge in [-0.15, -0.1) is 0 Å². The van der Waals surface area contributed by atoms with Crippen molar-refractivity contribution in [2.45, 2.75) is 6.18 Å². The quantitative estimate of drug-likeness (QED) is 0.802. The second-order valence-corrected chi connectivity index (χ2v) is 4.25. The summed E-state index contributed by atoms with van der Waals surface area (Å²) in [5.41, 5.74) is 0.919. The van der Waals surface area contributed by atoms with E-state index in [1.54, 1.807) is 18.2 Å². The number of methoxy groups -OCH3 is 1. The van der Waals surface area contributed by atoms with Crippen molar-refractivity contribution >= 4 is 6.08 Å². The lowest BCUT2D eigenvalue weighted by Gasteiger charge is -2.09. The Morgan fingerprint density at radius 2 is 1.91 bits per heavy atom. The molecule has 0 spiro atoms. The van der Waals surface area contributed by atoms with Crippen LogP contribution >= 0.6 is 0 Å². The molecule has 0 atom stereocenters. The van der Waals surface area contributed by atoms with E-state index in [1.807, 2.05) is 6.07 Å². The number of hydrogen-bond donors (Lipinski definition) is 0. The average molecular weight is 321 g/mol. The number of rotatable bonds is 4. The molecule has 8 heteroatoms. The highest BCUT2D eigenvalue weighted by Gasteiger charge is 2.34. The summed E-state index contributed by atoms with van der Waals surface area (Å²) in [6.07, 6.45) is 0.268. The molecule has 0 aliphatic rings. The minimum absolute atomic E-state index is 0.00492. The van der Waals surface area contributed by atoms with Crippen LogP contribution in [0.5, 0.6) is 11.5 Å². The van der Waals surface area contributed by atoms with Crippen LogP contribution in [0, 0.1) is 11.3 Å². The molecule has 0 N–H and O–H groups in total. The number of aromatic nitrogens is 2. The molecule has 118 valence electrons. The predicted molar refractivity (Wildman–Crippen MR) is 74.3 cm³/mol. The maximum Gasteiger partial charge on any atom is 0.451 e. The van der Waals surface area contributed by atoms with Crippen molar-refractivity contribution in [3.63, 3.8) is 0 Å². The van der Waals surface area contributed by atoms with Crippen molar-refractivity contribution in [2.75, 3.05) is 7.11 Å². The van der Waals surface area contributed by atoms with E-state index in [2.05, 4.69) is 9.97 Å². The zero-order chi connectivity index (χ0) is 16.9. The average Bonchev–Trinajstić information content (AvgIpc) is 2.53. The van der Waals surface area contributed by atoms with Crippen molar-refractivity contribution in [3.8, 4) is 17.6 Å². The van der Waals surface area contributed by atoms with E-state index in [0.29, 0.717) is 5.56 Å². The van der Waals surface area contributed by atoms with Crippen molar-refractivity contribution in [3.05, 3.63) is 53.8 Å². The highest BCUT2D eigenvalue weighted by Crippen LogP contribution is 2.29. The van der Waals surface area contributed by atoms with Crippen molar-refractivity contribution in [2.24, 2.45) is 0 Å². The molecule has 1 aromatic carbocycles. The Morgan fingerprint density at radius 1 is 1.22 bits per heavy atom. The highest BCUT2D eigenvalue weighted by molar-refractivity contribution is 5.56. The van der Waals surface area contributed by atoms with Gasteiger partial charge in [0.1, 0.15) is 11.8 Å². The van der Waals surface area contributed by atoms with Gasteiger partial charge >= 0.3 is 6.18 Å². The summed E-state index contributed by atoms with van der Waals surface area (Å²) in [6, 6.07) is 6.68. The molecule has 2 rings (SSSR count). The number of alkyl halides is 3. The van der Waals surface area contributed by atoms with Gasteiger partial charge in [-0.1, -0.05) is 6.07 Å². The Kier molecular flexibility index (Phi) is 4.81. The summed E-state index contributed by atoms with van der Waals surface area (Å²) in [5.74, 6) is -1.08. The third-order valence-corrected chi connectivity index (χ3v) is 2.63. The molecule has 0 amide bonds. The first-order valence-corrected chi connectivity index (χ1v) is 6.24. The van der Waals surface area contributed by atoms with Crippen molar-refractivity contribution in [1.82, 2.24) is 9.97 Å². The first-order valence-electron chi connectivity index (χ1n) is 6.24. The number of halogens is 3. The van der Waals surface area contributed by atoms with Gasteiger partial charge in [0.2, 0.25) is 5.82 Å². The number of benzene rings is 1. The Bertz CT molecular complexity index is 750. The van der Waals surface area contributed by atoms with Gasteiger partial charge in [0, 0.05) is 0 Å². The molecule has 0 aliphatic heterocycles. The molecule has 0 radical (unpaired) electrons. The molecule has 0 saturated carbocycles. The summed E-state index contributed by atoms with van der Waals surface area (Å²) < 4.78 is 47.3. The van der Waals surface area contributed by atoms with Crippen LogP contribution in [0.4, 0.5) is 13.2 Å². The minimum atomic E-state index is -4.62. The van der Waals surface area contributed by atoms with E-state index >= 15 is 0 Å². The zero-order valence-corrected chi connectivity index (χ0v) is 11.8. The number of ether oxygens (including phenoxy) is 2. The van der Waals surface area contributed by atoms with Gasteiger partial charge in [0.25, 0.3) is 0 Å². The molecular formula is C15H10F3N3O2. The van der Waals surface area contributed by atoms with E-state index in [4.69, 9.17) is 14.7 Å². The van der Waals surface area contributed by atoms with E-state index in [0.717, 1.165) is 12.4 Å². The summed E-state index contributed by atoms with van der Waals surface area (Å²) in [7, 11) is 1.49. The van der Waals surface area contributed by atoms with Gasteiger partial charge in [-0.3, -0.25) is 0 Å². The first kappa shape index (κ1) is 16.3. The highest BCUT2D eigenvalue weighted by atomic mass is 19.4. The smallest absolute Gasteiger partial charge is 0.451 e. The Labute approximate surface area is 129 Å². The number of nitrogens with zero attached hydrogens (tertiary/aromatic N) is 3. The molecule has 0 bridgehead atoms. The van der Waals surface area contributed by atoms with Crippen molar-refractivity contribution < 1.29 is 22.6 Å². The van der Waals surface area contributed by atoms with Gasteiger partial charge in [0.15, 0.2) is 5.75 Å². The third kappa shape index (κ3) is 4.20. The van der Waals surface area contributed by atoms with Gasteiger partial charge in [-0.05, 0) is 23.8 Å². The number of nitriles is 1. The van der Waals surface area contributed by atoms with Crippen LogP contribution in [0.1, 0.15) is 17.0 Å². The van der Waals surface area contributed by atoms with Crippen LogP contribution in [-0.2, 0) is 10.9 Å². The summed E-state index contributed by atoms with van der Waals surface area (Å²) >= 11 is 0. The van der Waals surface area contributed by atoms with Crippen LogP contribution in [0.3, 0.4) is 0 Å². The van der Waals surface area contributed by atoms with Crippen LogP contribution in [0.15, 0.2) is 36.9 Å². The van der Waals surface area contributed by atoms with Gasteiger partial charge in [-0.2, -0.15) is 18.4 Å². The fraction of sp³-hybridized carbons (Fsp3) is 0.133. The van der Waals surface area contributed by atoms with E-state index in [9.17, 15) is 13.2 Å². The van der Waals surface area contributed by atoms with Gasteiger partial charge in [-0.25, -0.2) is 9.97 Å². The minimum Gasteiger partial charge on any atom is -0.504 e. The van der Waals surface area contributed by atoms with Gasteiger partial charge < -0.3 is 9.47 Å². The standard InChI is InChI=1S/C15H10F3N3O2/c1-22-5-4-10-2-3-13(11(6-10)7-19)23-12-8-20-14(21-9-12)15(16,17)18/h2-6,8-9H,1H3. The molecule has 5 nitrogen and oxygen atoms in total. The maximum absolute atomic E-state index is 12.4. The van der Waals surface area contributed by atoms with Crippen LogP contribution in [0.2, 0.25) is 0 Å². The number of hydrogen-bond acceptors (Lipinski definition) is 5. The summed E-state index contributed by atoms with van der Waals surface area (Å²) in [5, 5.41) is 9.13. The lowest BCUT2D eigenvalue weighted by molar-refractivity contribution is -0.145. The second kappa shape index (κ2) is 6.79. The molecule has 0 unspecified atom stereocenters. The molecule has 2 aromatic rings. The van der Waals surface area contributed by atoms with Crippen LogP contribution in [0.25, 0.3) is 6.08 Å². The molecular weight excluding hydrogens is 311 g/mol. The Morgan fingerprint density at radius 3 is 2.48 bits per heavy atom. The molecule has 23 heavy (non-hydrogen) atoms. The molecule has 0 fully saturated rings.